The summed E-state index contributed by atoms with van der Waals surface area (Å²) in [4.78, 5) is 14.5. The molecular formula is C20H24N2O5S2. The number of rotatable bonds is 6. The monoisotopic (exact) mass is 436 g/mol. The lowest BCUT2D eigenvalue weighted by molar-refractivity contribution is 0.0708. The van der Waals surface area contributed by atoms with E-state index in [1.54, 1.807) is 43.3 Å². The molecule has 0 saturated carbocycles. The molecule has 0 N–H and O–H groups in total. The molecule has 7 nitrogen and oxygen atoms in total. The normalized spacial score (nSPS) is 18.3. The number of para-hydroxylation sites is 1. The number of hydrogen-bond donors (Lipinski definition) is 0. The number of carbonyl (C=O) groups excluding carboxylic acids is 1. The number of amides is 1. The third kappa shape index (κ3) is 4.45. The predicted octanol–water partition coefficient (Wildman–Crippen LogP) is 2.16. The maximum absolute atomic E-state index is 13.0. The van der Waals surface area contributed by atoms with Crippen LogP contribution in [0.15, 0.2) is 59.5 Å². The van der Waals surface area contributed by atoms with Crippen molar-refractivity contribution in [3.05, 3.63) is 60.2 Å². The van der Waals surface area contributed by atoms with Crippen LogP contribution in [0, 0.1) is 0 Å². The second-order valence-corrected chi connectivity index (χ2v) is 11.2. The molecule has 9 heteroatoms. The van der Waals surface area contributed by atoms with Crippen molar-refractivity contribution in [2.24, 2.45) is 0 Å². The summed E-state index contributed by atoms with van der Waals surface area (Å²) in [7, 11) is -5.53. The number of carbonyl (C=O) groups is 1. The average Bonchev–Trinajstić information content (AvgIpc) is 3.08. The molecule has 1 fully saturated rings. The van der Waals surface area contributed by atoms with Crippen LogP contribution < -0.4 is 4.31 Å². The van der Waals surface area contributed by atoms with Gasteiger partial charge in [0.1, 0.15) is 0 Å². The largest absolute Gasteiger partial charge is 0.335 e. The summed E-state index contributed by atoms with van der Waals surface area (Å²) in [6, 6.07) is 14.2. The van der Waals surface area contributed by atoms with Gasteiger partial charge in [-0.05, 0) is 43.7 Å². The van der Waals surface area contributed by atoms with Gasteiger partial charge < -0.3 is 4.90 Å². The molecule has 0 aromatic heterocycles. The maximum atomic E-state index is 13.0. The first-order valence-electron chi connectivity index (χ1n) is 9.31. The van der Waals surface area contributed by atoms with Gasteiger partial charge in [-0.25, -0.2) is 16.8 Å². The minimum absolute atomic E-state index is 0.00444. The summed E-state index contributed by atoms with van der Waals surface area (Å²) in [6.07, 6.45) is 0.399. The summed E-state index contributed by atoms with van der Waals surface area (Å²) in [5.41, 5.74) is 0.731. The van der Waals surface area contributed by atoms with Crippen LogP contribution in [0.4, 0.5) is 5.69 Å². The minimum atomic E-state index is -3.85. The molecule has 0 unspecified atom stereocenters. The molecule has 0 bridgehead atoms. The van der Waals surface area contributed by atoms with E-state index in [-0.39, 0.29) is 33.9 Å². The van der Waals surface area contributed by atoms with Crippen LogP contribution in [0.5, 0.6) is 0 Å². The van der Waals surface area contributed by atoms with E-state index in [4.69, 9.17) is 0 Å². The number of hydrogen-bond acceptors (Lipinski definition) is 5. The minimum Gasteiger partial charge on any atom is -0.335 e. The molecule has 1 aliphatic rings. The summed E-state index contributed by atoms with van der Waals surface area (Å²) >= 11 is 0. The summed E-state index contributed by atoms with van der Waals surface area (Å²) in [6.45, 7) is 2.13. The van der Waals surface area contributed by atoms with Crippen LogP contribution in [-0.2, 0) is 19.9 Å². The van der Waals surface area contributed by atoms with Gasteiger partial charge >= 0.3 is 0 Å². The van der Waals surface area contributed by atoms with Gasteiger partial charge in [-0.15, -0.1) is 0 Å². The highest BCUT2D eigenvalue weighted by Gasteiger charge is 2.34. The first-order valence-corrected chi connectivity index (χ1v) is 12.6. The molecule has 0 radical (unpaired) electrons. The fourth-order valence-electron chi connectivity index (χ4n) is 3.48. The highest BCUT2D eigenvalue weighted by Crippen LogP contribution is 2.24. The lowest BCUT2D eigenvalue weighted by Gasteiger charge is -2.27. The average molecular weight is 437 g/mol. The van der Waals surface area contributed by atoms with Crippen LogP contribution in [0.3, 0.4) is 0 Å². The zero-order valence-corrected chi connectivity index (χ0v) is 18.0. The van der Waals surface area contributed by atoms with Gasteiger partial charge in [-0.3, -0.25) is 9.10 Å². The van der Waals surface area contributed by atoms with E-state index in [0.29, 0.717) is 18.7 Å². The lowest BCUT2D eigenvalue weighted by atomic mass is 10.1. The molecule has 0 aliphatic carbocycles. The van der Waals surface area contributed by atoms with E-state index in [1.165, 1.54) is 30.1 Å². The van der Waals surface area contributed by atoms with Crippen molar-refractivity contribution in [1.29, 1.82) is 0 Å². The summed E-state index contributed by atoms with van der Waals surface area (Å²) in [5.74, 6) is -0.354. The first-order chi connectivity index (χ1) is 13.7. The molecule has 2 aromatic rings. The zero-order chi connectivity index (χ0) is 21.2. The van der Waals surface area contributed by atoms with Gasteiger partial charge in [0.25, 0.3) is 15.9 Å². The van der Waals surface area contributed by atoms with Crippen molar-refractivity contribution < 1.29 is 21.6 Å². The topological polar surface area (TPSA) is 91.8 Å². The standard InChI is InChI=1S/C20H24N2O5S2/c1-3-22(18-12-13-28(24,25)15-18)20(23)16-8-7-11-19(14-16)29(26,27)21(2)17-9-5-4-6-10-17/h4-11,14,18H,3,12-13,15H2,1-2H3/t18-/m1/s1. The van der Waals surface area contributed by atoms with E-state index in [2.05, 4.69) is 0 Å². The Labute approximate surface area is 171 Å². The fourth-order valence-corrected chi connectivity index (χ4v) is 6.45. The Morgan fingerprint density at radius 2 is 1.79 bits per heavy atom. The molecule has 1 amide bonds. The summed E-state index contributed by atoms with van der Waals surface area (Å²) in [5, 5.41) is 0. The van der Waals surface area contributed by atoms with Crippen molar-refractivity contribution in [2.75, 3.05) is 29.4 Å². The Bertz CT molecular complexity index is 1100. The Morgan fingerprint density at radius 1 is 1.10 bits per heavy atom. The predicted molar refractivity (Wildman–Crippen MR) is 112 cm³/mol. The molecule has 2 aromatic carbocycles. The fraction of sp³-hybridized carbons (Fsp3) is 0.350. The van der Waals surface area contributed by atoms with Crippen molar-refractivity contribution in [3.63, 3.8) is 0 Å². The SMILES string of the molecule is CCN(C(=O)c1cccc(S(=O)(=O)N(C)c2ccccc2)c1)[C@@H]1CCS(=O)(=O)C1. The molecule has 1 saturated heterocycles. The third-order valence-electron chi connectivity index (χ3n) is 5.11. The van der Waals surface area contributed by atoms with Gasteiger partial charge in [0, 0.05) is 25.2 Å². The van der Waals surface area contributed by atoms with Gasteiger partial charge in [0.15, 0.2) is 9.84 Å². The van der Waals surface area contributed by atoms with Crippen LogP contribution in [-0.4, -0.2) is 58.8 Å². The quantitative estimate of drug-likeness (QED) is 0.692. The summed E-state index contributed by atoms with van der Waals surface area (Å²) < 4.78 is 50.8. The van der Waals surface area contributed by atoms with Crippen molar-refractivity contribution in [2.45, 2.75) is 24.3 Å². The molecule has 1 heterocycles. The Kier molecular flexibility index (Phi) is 6.00. The zero-order valence-electron chi connectivity index (χ0n) is 16.4. The van der Waals surface area contributed by atoms with Gasteiger partial charge in [-0.1, -0.05) is 24.3 Å². The van der Waals surface area contributed by atoms with Gasteiger partial charge in [0.2, 0.25) is 0 Å². The first kappa shape index (κ1) is 21.3. The highest BCUT2D eigenvalue weighted by atomic mass is 32.2. The van der Waals surface area contributed by atoms with E-state index in [9.17, 15) is 21.6 Å². The van der Waals surface area contributed by atoms with Crippen LogP contribution in [0.2, 0.25) is 0 Å². The Balaban J connectivity index is 1.89. The Morgan fingerprint density at radius 3 is 2.38 bits per heavy atom. The van der Waals surface area contributed by atoms with Crippen LogP contribution in [0.25, 0.3) is 0 Å². The number of benzene rings is 2. The van der Waals surface area contributed by atoms with E-state index >= 15 is 0 Å². The van der Waals surface area contributed by atoms with Gasteiger partial charge in [-0.2, -0.15) is 0 Å². The molecular weight excluding hydrogens is 412 g/mol. The number of sulfonamides is 1. The van der Waals surface area contributed by atoms with Gasteiger partial charge in [0.05, 0.1) is 22.1 Å². The Hall–Kier alpha value is -2.39. The number of sulfone groups is 1. The smallest absolute Gasteiger partial charge is 0.264 e. The second kappa shape index (κ2) is 8.16. The molecule has 1 aliphatic heterocycles. The van der Waals surface area contributed by atoms with E-state index in [1.807, 2.05) is 0 Å². The molecule has 3 rings (SSSR count). The third-order valence-corrected chi connectivity index (χ3v) is 8.64. The molecule has 156 valence electrons. The highest BCUT2D eigenvalue weighted by molar-refractivity contribution is 7.92. The molecule has 1 atom stereocenters. The van der Waals surface area contributed by atoms with Crippen molar-refractivity contribution in [3.8, 4) is 0 Å². The molecule has 29 heavy (non-hydrogen) atoms. The van der Waals surface area contributed by atoms with Crippen LogP contribution >= 0.6 is 0 Å². The van der Waals surface area contributed by atoms with E-state index in [0.717, 1.165) is 4.31 Å². The maximum Gasteiger partial charge on any atom is 0.264 e. The van der Waals surface area contributed by atoms with Crippen molar-refractivity contribution in [1.82, 2.24) is 4.90 Å². The second-order valence-electron chi connectivity index (χ2n) is 6.98. The lowest BCUT2D eigenvalue weighted by Crippen LogP contribution is -2.41. The van der Waals surface area contributed by atoms with E-state index < -0.39 is 19.9 Å². The molecule has 0 spiro atoms. The number of nitrogens with zero attached hydrogens (tertiary/aromatic N) is 2. The number of anilines is 1. The van der Waals surface area contributed by atoms with Crippen LogP contribution in [0.1, 0.15) is 23.7 Å². The van der Waals surface area contributed by atoms with Crippen molar-refractivity contribution >= 4 is 31.5 Å².